The largest absolute Gasteiger partial charge is 0.491 e. The lowest BCUT2D eigenvalue weighted by Gasteiger charge is -2.27. The van der Waals surface area contributed by atoms with Gasteiger partial charge in [0, 0.05) is 36.4 Å². The molecule has 0 radical (unpaired) electrons. The molecule has 0 amide bonds. The molecule has 0 saturated carbocycles. The minimum atomic E-state index is -2.11. The molecule has 3 aromatic heterocycles. The summed E-state index contributed by atoms with van der Waals surface area (Å²) in [7, 11) is 1.22. The van der Waals surface area contributed by atoms with E-state index < -0.39 is 8.07 Å². The van der Waals surface area contributed by atoms with E-state index >= 15 is 0 Å². The maximum Gasteiger partial charge on any atom is 0.138 e. The third kappa shape index (κ3) is 19.2. The molecule has 0 unspecified atom stereocenters. The summed E-state index contributed by atoms with van der Waals surface area (Å²) in [5.41, 5.74) is 15.9. The molecule has 0 saturated heterocycles. The normalized spacial score (nSPS) is 12.0. The maximum absolute atomic E-state index is 6.42. The van der Waals surface area contributed by atoms with E-state index in [9.17, 15) is 0 Å². The van der Waals surface area contributed by atoms with Gasteiger partial charge in [0.15, 0.2) is 0 Å². The Morgan fingerprint density at radius 1 is 0.444 bits per heavy atom. The number of methoxy groups -OCH3 is 2. The van der Waals surface area contributed by atoms with Crippen molar-refractivity contribution in [1.29, 1.82) is 0 Å². The number of hydrogen-bond acceptors (Lipinski definition) is 10. The topological polar surface area (TPSA) is 131 Å². The Bertz CT molecular complexity index is 2970. The summed E-state index contributed by atoms with van der Waals surface area (Å²) < 4.78 is 45.5. The number of fused-ring (bicyclic) bond motifs is 8. The molecule has 8 bridgehead atoms. The van der Waals surface area contributed by atoms with E-state index in [1.165, 1.54) is 95.2 Å². The summed E-state index contributed by atoms with van der Waals surface area (Å²) in [5, 5.41) is 0. The van der Waals surface area contributed by atoms with E-state index in [1.807, 2.05) is 36.4 Å². The van der Waals surface area contributed by atoms with Crippen LogP contribution < -0.4 is 9.47 Å². The third-order valence-corrected chi connectivity index (χ3v) is 19.3. The number of terminal acetylenes is 1. The number of rotatable bonds is 37. The fourth-order valence-electron chi connectivity index (χ4n) is 10.4. The van der Waals surface area contributed by atoms with Gasteiger partial charge in [-0.25, -0.2) is 9.97 Å². The lowest BCUT2D eigenvalue weighted by Crippen LogP contribution is -2.32. The fourth-order valence-corrected chi connectivity index (χ4v) is 14.7. The Morgan fingerprint density at radius 3 is 1.27 bits per heavy atom. The van der Waals surface area contributed by atoms with Crippen molar-refractivity contribution in [1.82, 2.24) is 19.9 Å². The highest BCUT2D eigenvalue weighted by molar-refractivity contribution is 6.87. The molecule has 432 valence electrons. The number of nitrogens with zero attached hydrogens (tertiary/aromatic N) is 2. The van der Waals surface area contributed by atoms with E-state index in [-0.39, 0.29) is 0 Å². The molecule has 0 aliphatic carbocycles. The standard InChI is InChI=1S/C68H88N4O8Si/c1-7-11-14-17-47-81(48-18-15-12-8-2,49-19-16-13-9-3)50-34-58-61-28-32-65(71-61)67(53-22-20-24-55(51-53)79-45-43-77-41-39-75-37-35-73-5)63-30-26-59(69-63)57(10-4)60-27-31-64(70-60)68(66-33-29-62(58)72-66)54-23-21-25-56(52-54)80-46-44-78-42-40-76-38-36-74-6/h4,20-33,51-52,69,72H,7-9,11-19,35-49H2,1-3,5-6H3. The van der Waals surface area contributed by atoms with Gasteiger partial charge in [-0.2, -0.15) is 0 Å². The van der Waals surface area contributed by atoms with Crippen molar-refractivity contribution in [3.05, 3.63) is 107 Å². The quantitative estimate of drug-likeness (QED) is 0.0220. The second-order valence-corrected chi connectivity index (χ2v) is 25.1. The Morgan fingerprint density at radius 2 is 0.840 bits per heavy atom. The minimum absolute atomic E-state index is 0.383. The van der Waals surface area contributed by atoms with E-state index in [1.54, 1.807) is 14.2 Å². The van der Waals surface area contributed by atoms with Gasteiger partial charge >= 0.3 is 0 Å². The van der Waals surface area contributed by atoms with Gasteiger partial charge in [-0.15, -0.1) is 12.0 Å². The Kier molecular flexibility index (Phi) is 26.9. The Balaban J connectivity index is 1.39. The van der Waals surface area contributed by atoms with Crippen molar-refractivity contribution < 1.29 is 37.9 Å². The number of H-pyrrole nitrogens is 2. The summed E-state index contributed by atoms with van der Waals surface area (Å²) >= 11 is 0. The van der Waals surface area contributed by atoms with Gasteiger partial charge in [0.2, 0.25) is 0 Å². The number of benzene rings is 2. The first-order chi connectivity index (χ1) is 39.9. The third-order valence-electron chi connectivity index (χ3n) is 14.7. The molecule has 81 heavy (non-hydrogen) atoms. The second-order valence-electron chi connectivity index (χ2n) is 20.8. The number of hydrogen-bond donors (Lipinski definition) is 2. The highest BCUT2D eigenvalue weighted by Gasteiger charge is 2.30. The van der Waals surface area contributed by atoms with Crippen LogP contribution in [0.15, 0.2) is 72.8 Å². The van der Waals surface area contributed by atoms with E-state index in [4.69, 9.17) is 54.3 Å². The van der Waals surface area contributed by atoms with Crippen LogP contribution in [0.25, 0.3) is 68.6 Å². The summed E-state index contributed by atoms with van der Waals surface area (Å²) in [6.07, 6.45) is 29.7. The minimum Gasteiger partial charge on any atom is -0.491 e. The second kappa shape index (κ2) is 34.9. The fraction of sp³-hybridized carbons (Fsp3) is 0.471. The van der Waals surface area contributed by atoms with Crippen molar-refractivity contribution in [3.8, 4) is 57.6 Å². The molecule has 2 N–H and O–H groups in total. The highest BCUT2D eigenvalue weighted by Crippen LogP contribution is 2.37. The molecule has 0 spiro atoms. The van der Waals surface area contributed by atoms with Crippen molar-refractivity contribution >= 4 is 54.4 Å². The summed E-state index contributed by atoms with van der Waals surface area (Å²) in [6, 6.07) is 28.5. The number of aromatic amines is 2. The average molecular weight is 1120 g/mol. The van der Waals surface area contributed by atoms with Crippen LogP contribution in [0.1, 0.15) is 132 Å². The first kappa shape index (κ1) is 62.3. The van der Waals surface area contributed by atoms with Crippen LogP contribution in [0, 0.1) is 23.8 Å². The predicted octanol–water partition coefficient (Wildman–Crippen LogP) is 15.2. The lowest BCUT2D eigenvalue weighted by molar-refractivity contribution is 0.0180. The van der Waals surface area contributed by atoms with Gasteiger partial charge in [-0.1, -0.05) is 134 Å². The summed E-state index contributed by atoms with van der Waals surface area (Å²) in [6.45, 7) is 12.7. The first-order valence-electron chi connectivity index (χ1n) is 29.8. The Hall–Kier alpha value is -6.26. The molecule has 12 nitrogen and oxygen atoms in total. The van der Waals surface area contributed by atoms with E-state index in [2.05, 4.69) is 109 Å². The van der Waals surface area contributed by atoms with Gasteiger partial charge in [0.05, 0.1) is 111 Å². The molecule has 7 rings (SSSR count). The molecule has 13 heteroatoms. The maximum atomic E-state index is 6.42. The van der Waals surface area contributed by atoms with Crippen molar-refractivity contribution in [3.63, 3.8) is 0 Å². The zero-order chi connectivity index (χ0) is 56.7. The highest BCUT2D eigenvalue weighted by atomic mass is 28.3. The number of unbranched alkanes of at least 4 members (excludes halogenated alkanes) is 9. The molecule has 2 aromatic carbocycles. The Labute approximate surface area is 483 Å². The van der Waals surface area contributed by atoms with Crippen LogP contribution in [0.4, 0.5) is 0 Å². The van der Waals surface area contributed by atoms with Crippen LogP contribution in [0.2, 0.25) is 18.1 Å². The summed E-state index contributed by atoms with van der Waals surface area (Å²) in [4.78, 5) is 18.5. The molecule has 5 aromatic rings. The summed E-state index contributed by atoms with van der Waals surface area (Å²) in [5.74, 6) is 8.43. The van der Waals surface area contributed by atoms with Gasteiger partial charge < -0.3 is 47.9 Å². The lowest BCUT2D eigenvalue weighted by atomic mass is 10.0. The first-order valence-corrected chi connectivity index (χ1v) is 32.5. The number of nitrogens with one attached hydrogen (secondary N) is 2. The van der Waals surface area contributed by atoms with Crippen LogP contribution in [0.5, 0.6) is 11.5 Å². The zero-order valence-corrected chi connectivity index (χ0v) is 50.1. The zero-order valence-electron chi connectivity index (χ0n) is 49.1. The van der Waals surface area contributed by atoms with Gasteiger partial charge in [0.25, 0.3) is 0 Å². The molecule has 0 atom stereocenters. The monoisotopic (exact) mass is 1120 g/mol. The van der Waals surface area contributed by atoms with E-state index in [0.717, 1.165) is 78.5 Å². The predicted molar refractivity (Wildman–Crippen MR) is 335 cm³/mol. The molecule has 0 fully saturated rings. The molecule has 5 heterocycles. The van der Waals surface area contributed by atoms with E-state index in [0.29, 0.717) is 90.5 Å². The van der Waals surface area contributed by atoms with Crippen LogP contribution >= 0.6 is 0 Å². The van der Waals surface area contributed by atoms with Gasteiger partial charge in [-0.05, 0) is 102 Å². The van der Waals surface area contributed by atoms with Gasteiger partial charge in [-0.3, -0.25) is 0 Å². The van der Waals surface area contributed by atoms with Crippen molar-refractivity contribution in [2.24, 2.45) is 0 Å². The van der Waals surface area contributed by atoms with Crippen LogP contribution in [-0.2, 0) is 28.4 Å². The molecule has 2 aliphatic rings. The SMILES string of the molecule is C#Cc1c2nc(c(-c3cccc(OCCOCCOCCOC)c3)c3ccc([nH]3)c(C#C[Si](CCCCCC)(CCCCCC)CCCCCC)c3nc(c(-c4cccc(OCCOCCOCCOC)c4)c4ccc1[nH]4)C=C3)C=C2. The van der Waals surface area contributed by atoms with Gasteiger partial charge in [0.1, 0.15) is 32.8 Å². The van der Waals surface area contributed by atoms with Crippen molar-refractivity contribution in [2.75, 3.05) is 93.5 Å². The molecule has 2 aliphatic heterocycles. The van der Waals surface area contributed by atoms with Crippen molar-refractivity contribution in [2.45, 2.75) is 116 Å². The molecular formula is C68H88N4O8Si. The molecular weight excluding hydrogens is 1030 g/mol. The average Bonchev–Trinajstić information content (AvgIpc) is 4.38. The van der Waals surface area contributed by atoms with Crippen LogP contribution in [0.3, 0.4) is 0 Å². The number of ether oxygens (including phenoxy) is 8. The van der Waals surface area contributed by atoms with Crippen LogP contribution in [-0.4, -0.2) is 122 Å². The smallest absolute Gasteiger partial charge is 0.138 e. The number of aromatic nitrogens is 4.